The van der Waals surface area contributed by atoms with Gasteiger partial charge in [-0.3, -0.25) is 9.59 Å². The number of nitrogens with one attached hydrogen (secondary N) is 2. The Morgan fingerprint density at radius 1 is 1.26 bits per heavy atom. The fraction of sp³-hybridized carbons (Fsp3) is 0.750. The molecule has 11 heteroatoms. The van der Waals surface area contributed by atoms with E-state index in [4.69, 9.17) is 9.47 Å². The van der Waals surface area contributed by atoms with Crippen molar-refractivity contribution in [2.45, 2.75) is 100.0 Å². The van der Waals surface area contributed by atoms with Crippen LogP contribution in [0.15, 0.2) is 12.2 Å². The van der Waals surface area contributed by atoms with Crippen LogP contribution in [0.4, 0.5) is 4.79 Å². The molecule has 35 heavy (non-hydrogen) atoms. The lowest BCUT2D eigenvalue weighted by atomic mass is 10.1. The summed E-state index contributed by atoms with van der Waals surface area (Å²) in [5, 5.41) is 15.7. The van der Waals surface area contributed by atoms with Crippen LogP contribution in [0.2, 0.25) is 0 Å². The molecule has 10 nitrogen and oxygen atoms in total. The molecule has 0 aromatic carbocycles. The SMILES string of the molecule is CCOC(=O)[C@@]1(I)C/C=C\CCCCC[C@H](NC(=O)OC(C)(C)C)C(=O)N2C[C@@H](O)C[C@H]2C(=O)N1. The van der Waals surface area contributed by atoms with Crippen molar-refractivity contribution in [3.63, 3.8) is 0 Å². The highest BCUT2D eigenvalue weighted by Gasteiger charge is 2.45. The van der Waals surface area contributed by atoms with Crippen molar-refractivity contribution in [3.8, 4) is 0 Å². The normalized spacial score (nSPS) is 29.8. The first-order chi connectivity index (χ1) is 16.4. The third-order valence-electron chi connectivity index (χ3n) is 5.70. The number of alkyl carbamates (subject to hydrolysis) is 1. The number of hydrogen-bond acceptors (Lipinski definition) is 7. The van der Waals surface area contributed by atoms with Crippen LogP contribution in [0.3, 0.4) is 0 Å². The van der Waals surface area contributed by atoms with Crippen LogP contribution in [0.5, 0.6) is 0 Å². The van der Waals surface area contributed by atoms with Crippen LogP contribution in [0.1, 0.15) is 72.6 Å². The average molecular weight is 607 g/mol. The van der Waals surface area contributed by atoms with Crippen molar-refractivity contribution in [1.29, 1.82) is 0 Å². The highest BCUT2D eigenvalue weighted by Crippen LogP contribution is 2.27. The predicted molar refractivity (Wildman–Crippen MR) is 138 cm³/mol. The molecular formula is C24H38IN3O7. The maximum atomic E-state index is 13.5. The molecule has 0 radical (unpaired) electrons. The van der Waals surface area contributed by atoms with Crippen LogP contribution in [0.25, 0.3) is 0 Å². The van der Waals surface area contributed by atoms with Gasteiger partial charge in [-0.2, -0.15) is 0 Å². The third-order valence-corrected chi connectivity index (χ3v) is 6.85. The first-order valence-electron chi connectivity index (χ1n) is 12.2. The van der Waals surface area contributed by atoms with Crippen molar-refractivity contribution < 1.29 is 33.8 Å². The summed E-state index contributed by atoms with van der Waals surface area (Å²) in [6, 6.07) is -1.89. The number of aliphatic hydroxyl groups is 1. The summed E-state index contributed by atoms with van der Waals surface area (Å²) in [6.07, 6.45) is 6.00. The molecule has 4 atom stereocenters. The average Bonchev–Trinajstić information content (AvgIpc) is 3.14. The summed E-state index contributed by atoms with van der Waals surface area (Å²) in [4.78, 5) is 53.2. The summed E-state index contributed by atoms with van der Waals surface area (Å²) in [6.45, 7) is 7.00. The molecule has 0 aromatic heterocycles. The molecule has 2 heterocycles. The number of aliphatic hydroxyl groups excluding tert-OH is 1. The minimum atomic E-state index is -1.35. The van der Waals surface area contributed by atoms with E-state index in [0.29, 0.717) is 12.8 Å². The van der Waals surface area contributed by atoms with Crippen LogP contribution in [-0.4, -0.2) is 74.4 Å². The van der Waals surface area contributed by atoms with Crippen LogP contribution >= 0.6 is 22.6 Å². The van der Waals surface area contributed by atoms with Gasteiger partial charge in [0.15, 0.2) is 3.55 Å². The summed E-state index contributed by atoms with van der Waals surface area (Å²) in [7, 11) is 0. The Balaban J connectivity index is 2.32. The number of amides is 3. The number of carbonyl (C=O) groups excluding carboxylic acids is 4. The molecule has 0 aliphatic carbocycles. The van der Waals surface area contributed by atoms with Gasteiger partial charge in [-0.05, 0) is 69.5 Å². The molecule has 0 aromatic rings. The van der Waals surface area contributed by atoms with E-state index in [1.54, 1.807) is 27.7 Å². The topological polar surface area (TPSA) is 134 Å². The third kappa shape index (κ3) is 8.93. The van der Waals surface area contributed by atoms with E-state index in [2.05, 4.69) is 10.6 Å². The van der Waals surface area contributed by atoms with Crippen molar-refractivity contribution in [2.24, 2.45) is 0 Å². The summed E-state index contributed by atoms with van der Waals surface area (Å²) in [5.74, 6) is -1.60. The molecule has 0 spiro atoms. The number of hydrogen-bond donors (Lipinski definition) is 3. The molecule has 0 unspecified atom stereocenters. The second-order valence-electron chi connectivity index (χ2n) is 9.92. The Morgan fingerprint density at radius 3 is 2.63 bits per heavy atom. The Kier molecular flexibility index (Phi) is 10.8. The Labute approximate surface area is 220 Å². The zero-order valence-electron chi connectivity index (χ0n) is 21.0. The zero-order valence-corrected chi connectivity index (χ0v) is 23.1. The molecule has 3 N–H and O–H groups in total. The van der Waals surface area contributed by atoms with Crippen LogP contribution in [0, 0.1) is 0 Å². The van der Waals surface area contributed by atoms with E-state index in [0.717, 1.165) is 19.3 Å². The minimum absolute atomic E-state index is 0.0299. The number of fused-ring (bicyclic) bond motifs is 1. The second kappa shape index (κ2) is 12.9. The fourth-order valence-corrected chi connectivity index (χ4v) is 4.75. The molecule has 1 fully saturated rings. The second-order valence-corrected chi connectivity index (χ2v) is 11.8. The van der Waals surface area contributed by atoms with E-state index in [1.165, 1.54) is 4.90 Å². The van der Waals surface area contributed by atoms with Crippen LogP contribution in [-0.2, 0) is 23.9 Å². The lowest BCUT2D eigenvalue weighted by Gasteiger charge is -2.32. The first-order valence-corrected chi connectivity index (χ1v) is 13.3. The van der Waals surface area contributed by atoms with E-state index in [9.17, 15) is 24.3 Å². The van der Waals surface area contributed by atoms with Crippen molar-refractivity contribution >= 4 is 46.5 Å². The molecule has 2 aliphatic rings. The standard InChI is InChI=1S/C24H38IN3O7/c1-5-34-21(32)24(25)13-11-9-7-6-8-10-12-17(26-22(33)35-23(2,3)4)20(31)28-15-16(29)14-18(28)19(30)27-24/h9,11,16-18,29H,5-8,10,12-15H2,1-4H3,(H,26,33)(H,27,30)/b11-9-/t16-,17-,18-,24+/m0/s1. The Bertz CT molecular complexity index is 813. The smallest absolute Gasteiger partial charge is 0.408 e. The predicted octanol–water partition coefficient (Wildman–Crippen LogP) is 2.56. The van der Waals surface area contributed by atoms with E-state index in [1.807, 2.05) is 34.7 Å². The van der Waals surface area contributed by atoms with Gasteiger partial charge in [0.05, 0.1) is 12.7 Å². The summed E-state index contributed by atoms with van der Waals surface area (Å²) in [5.41, 5.74) is -0.734. The quantitative estimate of drug-likeness (QED) is 0.148. The van der Waals surface area contributed by atoms with Gasteiger partial charge < -0.3 is 30.1 Å². The maximum absolute atomic E-state index is 13.5. The lowest BCUT2D eigenvalue weighted by molar-refractivity contribution is -0.149. The molecule has 3 amide bonds. The largest absolute Gasteiger partial charge is 0.464 e. The minimum Gasteiger partial charge on any atom is -0.464 e. The lowest BCUT2D eigenvalue weighted by Crippen LogP contribution is -2.58. The number of carbonyl (C=O) groups is 4. The van der Waals surface area contributed by atoms with Crippen molar-refractivity contribution in [2.75, 3.05) is 13.2 Å². The van der Waals surface area contributed by atoms with Crippen molar-refractivity contribution in [3.05, 3.63) is 12.2 Å². The van der Waals surface area contributed by atoms with E-state index < -0.39 is 51.2 Å². The Hall–Kier alpha value is -1.89. The molecule has 0 saturated carbocycles. The number of rotatable bonds is 3. The number of esters is 1. The van der Waals surface area contributed by atoms with Gasteiger partial charge in [0.1, 0.15) is 17.7 Å². The number of ether oxygens (including phenoxy) is 2. The summed E-state index contributed by atoms with van der Waals surface area (Å²) >= 11 is 1.87. The van der Waals surface area contributed by atoms with Gasteiger partial charge >= 0.3 is 12.1 Å². The number of allylic oxidation sites excluding steroid dienone is 1. The zero-order chi connectivity index (χ0) is 26.2. The van der Waals surface area contributed by atoms with Gasteiger partial charge in [-0.1, -0.05) is 25.0 Å². The number of alkyl halides is 1. The molecule has 2 rings (SSSR count). The molecular weight excluding hydrogens is 569 g/mol. The van der Waals surface area contributed by atoms with Gasteiger partial charge in [0.25, 0.3) is 0 Å². The monoisotopic (exact) mass is 607 g/mol. The van der Waals surface area contributed by atoms with Crippen LogP contribution < -0.4 is 10.6 Å². The van der Waals surface area contributed by atoms with Gasteiger partial charge in [-0.25, -0.2) is 9.59 Å². The molecule has 198 valence electrons. The first kappa shape index (κ1) is 29.3. The maximum Gasteiger partial charge on any atom is 0.408 e. The summed E-state index contributed by atoms with van der Waals surface area (Å²) < 4.78 is 9.17. The molecule has 0 bridgehead atoms. The van der Waals surface area contributed by atoms with Gasteiger partial charge in [0, 0.05) is 19.4 Å². The van der Waals surface area contributed by atoms with E-state index >= 15 is 0 Å². The fourth-order valence-electron chi connectivity index (χ4n) is 4.07. The van der Waals surface area contributed by atoms with Gasteiger partial charge in [0.2, 0.25) is 11.8 Å². The number of nitrogens with zero attached hydrogens (tertiary/aromatic N) is 1. The highest BCUT2D eigenvalue weighted by atomic mass is 127. The van der Waals surface area contributed by atoms with E-state index in [-0.39, 0.29) is 26.0 Å². The van der Waals surface area contributed by atoms with Crippen molar-refractivity contribution in [1.82, 2.24) is 15.5 Å². The molecule has 1 saturated heterocycles. The van der Waals surface area contributed by atoms with Gasteiger partial charge in [-0.15, -0.1) is 0 Å². The molecule has 2 aliphatic heterocycles. The highest BCUT2D eigenvalue weighted by molar-refractivity contribution is 14.1. The number of halogens is 1. The Morgan fingerprint density at radius 2 is 1.97 bits per heavy atom.